The standard InChI is InChI=1S/C19H18ClN5O4/c1-11-8-16(17(28-3)9-15(11)20)22-18(26)12(2)29-19(27)13-4-6-14(7-5-13)25-10-21-23-24-25/h4-10,12H,1-3H3,(H,22,26)/t12-/m1/s1. The van der Waals surface area contributed by atoms with Crippen molar-refractivity contribution < 1.29 is 19.1 Å². The van der Waals surface area contributed by atoms with Gasteiger partial charge in [0, 0.05) is 11.1 Å². The molecule has 0 bridgehead atoms. The molecular weight excluding hydrogens is 398 g/mol. The number of carbonyl (C=O) groups is 2. The predicted molar refractivity (Wildman–Crippen MR) is 105 cm³/mol. The van der Waals surface area contributed by atoms with Gasteiger partial charge in [0.1, 0.15) is 12.1 Å². The molecule has 29 heavy (non-hydrogen) atoms. The molecule has 0 unspecified atom stereocenters. The van der Waals surface area contributed by atoms with Crippen molar-refractivity contribution in [3.63, 3.8) is 0 Å². The van der Waals surface area contributed by atoms with E-state index in [1.165, 1.54) is 25.0 Å². The molecule has 1 N–H and O–H groups in total. The Labute approximate surface area is 171 Å². The van der Waals surface area contributed by atoms with Crippen molar-refractivity contribution in [3.8, 4) is 11.4 Å². The third kappa shape index (κ3) is 4.69. The van der Waals surface area contributed by atoms with Gasteiger partial charge in [-0.05, 0) is 60.2 Å². The summed E-state index contributed by atoms with van der Waals surface area (Å²) in [5, 5.41) is 14.1. The van der Waals surface area contributed by atoms with E-state index in [2.05, 4.69) is 20.8 Å². The van der Waals surface area contributed by atoms with Crippen molar-refractivity contribution >= 4 is 29.2 Å². The van der Waals surface area contributed by atoms with E-state index in [9.17, 15) is 9.59 Å². The lowest BCUT2D eigenvalue weighted by molar-refractivity contribution is -0.123. The third-order valence-electron chi connectivity index (χ3n) is 4.11. The topological polar surface area (TPSA) is 108 Å². The maximum atomic E-state index is 12.5. The van der Waals surface area contributed by atoms with Crippen LogP contribution in [0.3, 0.4) is 0 Å². The Morgan fingerprint density at radius 1 is 1.21 bits per heavy atom. The van der Waals surface area contributed by atoms with Gasteiger partial charge in [-0.3, -0.25) is 4.79 Å². The first-order valence-electron chi connectivity index (χ1n) is 8.58. The van der Waals surface area contributed by atoms with E-state index in [1.54, 1.807) is 43.3 Å². The van der Waals surface area contributed by atoms with Crippen LogP contribution in [0.2, 0.25) is 5.02 Å². The summed E-state index contributed by atoms with van der Waals surface area (Å²) in [5.74, 6) is -0.718. The zero-order valence-corrected chi connectivity index (χ0v) is 16.7. The lowest BCUT2D eigenvalue weighted by Crippen LogP contribution is -2.30. The summed E-state index contributed by atoms with van der Waals surface area (Å²) in [4.78, 5) is 24.8. The van der Waals surface area contributed by atoms with Crippen LogP contribution in [0.5, 0.6) is 5.75 Å². The highest BCUT2D eigenvalue weighted by Crippen LogP contribution is 2.31. The van der Waals surface area contributed by atoms with Crippen LogP contribution in [-0.2, 0) is 9.53 Å². The highest BCUT2D eigenvalue weighted by molar-refractivity contribution is 6.31. The Bertz CT molecular complexity index is 1020. The minimum absolute atomic E-state index is 0.293. The van der Waals surface area contributed by atoms with E-state index >= 15 is 0 Å². The van der Waals surface area contributed by atoms with Crippen molar-refractivity contribution in [1.29, 1.82) is 0 Å². The molecule has 1 atom stereocenters. The van der Waals surface area contributed by atoms with Crippen LogP contribution in [0.25, 0.3) is 5.69 Å². The van der Waals surface area contributed by atoms with Gasteiger partial charge < -0.3 is 14.8 Å². The van der Waals surface area contributed by atoms with E-state index in [-0.39, 0.29) is 0 Å². The van der Waals surface area contributed by atoms with E-state index < -0.39 is 18.0 Å². The van der Waals surface area contributed by atoms with Crippen molar-refractivity contribution in [1.82, 2.24) is 20.2 Å². The molecule has 2 aromatic carbocycles. The van der Waals surface area contributed by atoms with Crippen LogP contribution < -0.4 is 10.1 Å². The number of nitrogens with one attached hydrogen (secondary N) is 1. The Morgan fingerprint density at radius 2 is 1.93 bits per heavy atom. The van der Waals surface area contributed by atoms with E-state index in [0.29, 0.717) is 27.7 Å². The van der Waals surface area contributed by atoms with Gasteiger partial charge in [-0.15, -0.1) is 5.10 Å². The van der Waals surface area contributed by atoms with Gasteiger partial charge in [-0.2, -0.15) is 0 Å². The molecule has 1 heterocycles. The molecule has 10 heteroatoms. The highest BCUT2D eigenvalue weighted by Gasteiger charge is 2.21. The summed E-state index contributed by atoms with van der Waals surface area (Å²) in [6, 6.07) is 9.75. The number of methoxy groups -OCH3 is 1. The van der Waals surface area contributed by atoms with Gasteiger partial charge in [0.2, 0.25) is 0 Å². The maximum absolute atomic E-state index is 12.5. The van der Waals surface area contributed by atoms with Gasteiger partial charge in [-0.25, -0.2) is 9.48 Å². The number of anilines is 1. The molecule has 0 aliphatic carbocycles. The molecule has 0 aliphatic heterocycles. The number of esters is 1. The first kappa shape index (κ1) is 20.3. The molecule has 0 spiro atoms. The molecule has 1 amide bonds. The number of ether oxygens (including phenoxy) is 2. The minimum Gasteiger partial charge on any atom is -0.495 e. The van der Waals surface area contributed by atoms with E-state index in [1.807, 2.05) is 0 Å². The minimum atomic E-state index is -1.03. The quantitative estimate of drug-likeness (QED) is 0.616. The molecule has 9 nitrogen and oxygen atoms in total. The van der Waals surface area contributed by atoms with Gasteiger partial charge >= 0.3 is 5.97 Å². The molecule has 1 aromatic heterocycles. The number of tetrazole rings is 1. The second-order valence-electron chi connectivity index (χ2n) is 6.14. The van der Waals surface area contributed by atoms with Crippen molar-refractivity contribution in [2.24, 2.45) is 0 Å². The van der Waals surface area contributed by atoms with Gasteiger partial charge in [-0.1, -0.05) is 11.6 Å². The predicted octanol–water partition coefficient (Wildman–Crippen LogP) is 2.82. The Balaban J connectivity index is 1.65. The summed E-state index contributed by atoms with van der Waals surface area (Å²) in [6.07, 6.45) is 0.411. The number of hydrogen-bond acceptors (Lipinski definition) is 7. The Hall–Kier alpha value is -3.46. The zero-order valence-electron chi connectivity index (χ0n) is 15.9. The first-order valence-corrected chi connectivity index (χ1v) is 8.96. The number of aryl methyl sites for hydroxylation is 1. The number of rotatable bonds is 6. The fraction of sp³-hybridized carbons (Fsp3) is 0.211. The zero-order chi connectivity index (χ0) is 21.0. The number of amides is 1. The number of aromatic nitrogens is 4. The fourth-order valence-corrected chi connectivity index (χ4v) is 2.63. The SMILES string of the molecule is COc1cc(Cl)c(C)cc1NC(=O)[C@@H](C)OC(=O)c1ccc(-n2cnnn2)cc1. The largest absolute Gasteiger partial charge is 0.495 e. The van der Waals surface area contributed by atoms with Crippen LogP contribution in [0.15, 0.2) is 42.7 Å². The van der Waals surface area contributed by atoms with Crippen LogP contribution in [0.4, 0.5) is 5.69 Å². The molecular formula is C19H18ClN5O4. The maximum Gasteiger partial charge on any atom is 0.338 e. The first-order chi connectivity index (χ1) is 13.9. The van der Waals surface area contributed by atoms with Crippen molar-refractivity contribution in [2.75, 3.05) is 12.4 Å². The lowest BCUT2D eigenvalue weighted by atomic mass is 10.2. The molecule has 0 saturated heterocycles. The van der Waals surface area contributed by atoms with E-state index in [4.69, 9.17) is 21.1 Å². The van der Waals surface area contributed by atoms with Crippen LogP contribution >= 0.6 is 11.6 Å². The van der Waals surface area contributed by atoms with Crippen molar-refractivity contribution in [3.05, 3.63) is 58.9 Å². The normalized spacial score (nSPS) is 11.6. The number of carbonyl (C=O) groups excluding carboxylic acids is 2. The fourth-order valence-electron chi connectivity index (χ4n) is 2.48. The molecule has 3 aromatic rings. The van der Waals surface area contributed by atoms with Crippen LogP contribution in [0.1, 0.15) is 22.8 Å². The molecule has 0 fully saturated rings. The van der Waals surface area contributed by atoms with Crippen LogP contribution in [0, 0.1) is 6.92 Å². The monoisotopic (exact) mass is 415 g/mol. The number of hydrogen-bond donors (Lipinski definition) is 1. The second kappa shape index (κ2) is 8.70. The Kier molecular flexibility index (Phi) is 6.08. The number of nitrogens with zero attached hydrogens (tertiary/aromatic N) is 4. The highest BCUT2D eigenvalue weighted by atomic mass is 35.5. The molecule has 150 valence electrons. The molecule has 0 radical (unpaired) electrons. The molecule has 0 saturated carbocycles. The summed E-state index contributed by atoms with van der Waals surface area (Å²) in [7, 11) is 1.47. The Morgan fingerprint density at radius 3 is 2.55 bits per heavy atom. The average Bonchev–Trinajstić information content (AvgIpc) is 3.25. The van der Waals surface area contributed by atoms with E-state index in [0.717, 1.165) is 5.56 Å². The van der Waals surface area contributed by atoms with Crippen molar-refractivity contribution in [2.45, 2.75) is 20.0 Å². The summed E-state index contributed by atoms with van der Waals surface area (Å²) in [6.45, 7) is 3.29. The summed E-state index contributed by atoms with van der Waals surface area (Å²) >= 11 is 6.07. The third-order valence-corrected chi connectivity index (χ3v) is 4.52. The molecule has 0 aliphatic rings. The van der Waals surface area contributed by atoms with Crippen LogP contribution in [-0.4, -0.2) is 45.3 Å². The van der Waals surface area contributed by atoms with Gasteiger partial charge in [0.05, 0.1) is 24.0 Å². The molecule has 3 rings (SSSR count). The van der Waals surface area contributed by atoms with Gasteiger partial charge in [0.15, 0.2) is 6.10 Å². The lowest BCUT2D eigenvalue weighted by Gasteiger charge is -2.16. The second-order valence-corrected chi connectivity index (χ2v) is 6.55. The number of benzene rings is 2. The van der Waals surface area contributed by atoms with Gasteiger partial charge in [0.25, 0.3) is 5.91 Å². The summed E-state index contributed by atoms with van der Waals surface area (Å²) < 4.78 is 11.9. The average molecular weight is 416 g/mol. The smallest absolute Gasteiger partial charge is 0.338 e. The number of halogens is 1. The summed E-state index contributed by atoms with van der Waals surface area (Å²) in [5.41, 5.74) is 2.19.